The van der Waals surface area contributed by atoms with Crippen LogP contribution in [0, 0.1) is 5.82 Å². The van der Waals surface area contributed by atoms with E-state index in [0.29, 0.717) is 26.2 Å². The van der Waals surface area contributed by atoms with Gasteiger partial charge in [-0.1, -0.05) is 11.6 Å². The molecule has 6 heteroatoms. The fraction of sp³-hybridized carbons (Fsp3) is 0. The summed E-state index contributed by atoms with van der Waals surface area (Å²) in [5.41, 5.74) is 1.90. The number of nitrogens with zero attached hydrogens (tertiary/aromatic N) is 3. The minimum Gasteiger partial charge on any atom is -0.294 e. The van der Waals surface area contributed by atoms with Crippen LogP contribution in [0.15, 0.2) is 29.1 Å². The van der Waals surface area contributed by atoms with Crippen molar-refractivity contribution < 1.29 is 4.39 Å². The number of hydrogen-bond acceptors (Lipinski definition) is 2. The van der Waals surface area contributed by atoms with E-state index in [4.69, 9.17) is 11.6 Å². The van der Waals surface area contributed by atoms with Gasteiger partial charge in [0.05, 0.1) is 18.0 Å². The fourth-order valence-electron chi connectivity index (χ4n) is 1.64. The molecular formula is C10H4BrClFN3. The Labute approximate surface area is 103 Å². The molecule has 2 aromatic heterocycles. The molecule has 80 valence electrons. The summed E-state index contributed by atoms with van der Waals surface area (Å²) in [6.45, 7) is 0. The Hall–Kier alpha value is -1.20. The van der Waals surface area contributed by atoms with Crippen LogP contribution in [-0.2, 0) is 0 Å². The van der Waals surface area contributed by atoms with E-state index >= 15 is 0 Å². The van der Waals surface area contributed by atoms with E-state index in [1.54, 1.807) is 16.9 Å². The number of hydrogen-bond donors (Lipinski definition) is 0. The Morgan fingerprint density at radius 2 is 2.12 bits per heavy atom. The maximum absolute atomic E-state index is 13.3. The average Bonchev–Trinajstić information content (AvgIpc) is 2.69. The fourth-order valence-corrected chi connectivity index (χ4v) is 2.38. The number of halogens is 3. The number of fused-ring (bicyclic) bond motifs is 3. The zero-order valence-corrected chi connectivity index (χ0v) is 10.1. The standard InChI is InChI=1S/C10H4BrClFN3/c11-6-1-5(13)2-7-9(6)15-10(12)8-3-14-4-16(7)8/h1-4H. The molecule has 0 saturated carbocycles. The lowest BCUT2D eigenvalue weighted by Crippen LogP contribution is -1.93. The van der Waals surface area contributed by atoms with Crippen molar-refractivity contribution in [3.8, 4) is 0 Å². The monoisotopic (exact) mass is 299 g/mol. The van der Waals surface area contributed by atoms with Crippen LogP contribution >= 0.6 is 27.5 Å². The van der Waals surface area contributed by atoms with Crippen molar-refractivity contribution in [2.45, 2.75) is 0 Å². The lowest BCUT2D eigenvalue weighted by molar-refractivity contribution is 0.628. The summed E-state index contributed by atoms with van der Waals surface area (Å²) in [5, 5.41) is 0.345. The number of imidazole rings is 1. The van der Waals surface area contributed by atoms with Gasteiger partial charge < -0.3 is 0 Å². The summed E-state index contributed by atoms with van der Waals surface area (Å²) in [4.78, 5) is 8.18. The molecule has 0 spiro atoms. The largest absolute Gasteiger partial charge is 0.294 e. The van der Waals surface area contributed by atoms with Crippen molar-refractivity contribution in [1.29, 1.82) is 0 Å². The second-order valence-electron chi connectivity index (χ2n) is 3.31. The maximum atomic E-state index is 13.3. The number of benzene rings is 1. The molecule has 0 radical (unpaired) electrons. The quantitative estimate of drug-likeness (QED) is 0.636. The Kier molecular flexibility index (Phi) is 2.12. The van der Waals surface area contributed by atoms with E-state index in [-0.39, 0.29) is 5.82 Å². The predicted octanol–water partition coefficient (Wildman–Crippen LogP) is 3.44. The van der Waals surface area contributed by atoms with Gasteiger partial charge in [0.25, 0.3) is 0 Å². The van der Waals surface area contributed by atoms with Gasteiger partial charge in [-0.25, -0.2) is 14.4 Å². The van der Waals surface area contributed by atoms with Crippen molar-refractivity contribution >= 4 is 44.1 Å². The highest BCUT2D eigenvalue weighted by Crippen LogP contribution is 2.27. The maximum Gasteiger partial charge on any atom is 0.155 e. The van der Waals surface area contributed by atoms with Gasteiger partial charge in [0.2, 0.25) is 0 Å². The van der Waals surface area contributed by atoms with Crippen LogP contribution in [0.4, 0.5) is 4.39 Å². The van der Waals surface area contributed by atoms with E-state index in [2.05, 4.69) is 25.9 Å². The normalized spacial score (nSPS) is 11.4. The molecule has 0 aliphatic heterocycles. The molecule has 0 saturated heterocycles. The lowest BCUT2D eigenvalue weighted by Gasteiger charge is -2.05. The van der Waals surface area contributed by atoms with Crippen molar-refractivity contribution in [1.82, 2.24) is 14.4 Å². The van der Waals surface area contributed by atoms with Crippen LogP contribution in [0.2, 0.25) is 5.15 Å². The Morgan fingerprint density at radius 1 is 1.31 bits per heavy atom. The van der Waals surface area contributed by atoms with E-state index in [1.165, 1.54) is 12.1 Å². The Balaban J connectivity index is 2.64. The molecule has 0 aliphatic carbocycles. The summed E-state index contributed by atoms with van der Waals surface area (Å²) >= 11 is 9.26. The SMILES string of the molecule is Fc1cc(Br)c2nc(Cl)c3cncn3c2c1. The molecule has 0 fully saturated rings. The van der Waals surface area contributed by atoms with Gasteiger partial charge >= 0.3 is 0 Å². The second kappa shape index (κ2) is 3.40. The van der Waals surface area contributed by atoms with Crippen LogP contribution in [0.3, 0.4) is 0 Å². The molecule has 0 aliphatic rings. The van der Waals surface area contributed by atoms with E-state index in [0.717, 1.165) is 0 Å². The van der Waals surface area contributed by atoms with Gasteiger partial charge in [0.15, 0.2) is 5.15 Å². The summed E-state index contributed by atoms with van der Waals surface area (Å²) < 4.78 is 15.6. The van der Waals surface area contributed by atoms with Crippen LogP contribution in [0.5, 0.6) is 0 Å². The highest BCUT2D eigenvalue weighted by molar-refractivity contribution is 9.10. The number of aromatic nitrogens is 3. The van der Waals surface area contributed by atoms with Gasteiger partial charge in [-0.05, 0) is 22.0 Å². The third-order valence-electron chi connectivity index (χ3n) is 2.33. The lowest BCUT2D eigenvalue weighted by atomic mass is 10.3. The third kappa shape index (κ3) is 1.32. The molecular weight excluding hydrogens is 296 g/mol. The second-order valence-corrected chi connectivity index (χ2v) is 4.52. The molecule has 0 atom stereocenters. The molecule has 16 heavy (non-hydrogen) atoms. The van der Waals surface area contributed by atoms with Gasteiger partial charge in [-0.3, -0.25) is 4.40 Å². The van der Waals surface area contributed by atoms with E-state index in [9.17, 15) is 4.39 Å². The number of rotatable bonds is 0. The Morgan fingerprint density at radius 3 is 2.94 bits per heavy atom. The minimum absolute atomic E-state index is 0.335. The van der Waals surface area contributed by atoms with Gasteiger partial charge in [-0.15, -0.1) is 0 Å². The first-order valence-corrected chi connectivity index (χ1v) is 5.60. The summed E-state index contributed by atoms with van der Waals surface area (Å²) in [5.74, 6) is -0.335. The molecule has 0 bridgehead atoms. The molecule has 0 N–H and O–H groups in total. The third-order valence-corrected chi connectivity index (χ3v) is 3.21. The smallest absolute Gasteiger partial charge is 0.155 e. The first kappa shape index (κ1) is 9.99. The zero-order chi connectivity index (χ0) is 11.3. The Bertz CT molecular complexity index is 710. The first-order chi connectivity index (χ1) is 7.66. The molecule has 3 aromatic rings. The van der Waals surface area contributed by atoms with E-state index < -0.39 is 0 Å². The van der Waals surface area contributed by atoms with Crippen molar-refractivity contribution in [2.75, 3.05) is 0 Å². The van der Waals surface area contributed by atoms with Crippen LogP contribution in [0.1, 0.15) is 0 Å². The first-order valence-electron chi connectivity index (χ1n) is 4.43. The topological polar surface area (TPSA) is 30.2 Å². The van der Waals surface area contributed by atoms with Crippen LogP contribution < -0.4 is 0 Å². The van der Waals surface area contributed by atoms with Gasteiger partial charge in [-0.2, -0.15) is 0 Å². The predicted molar refractivity (Wildman–Crippen MR) is 63.2 cm³/mol. The molecule has 3 rings (SSSR count). The summed E-state index contributed by atoms with van der Waals surface area (Å²) in [6, 6.07) is 2.76. The van der Waals surface area contributed by atoms with Crippen molar-refractivity contribution in [3.63, 3.8) is 0 Å². The van der Waals surface area contributed by atoms with Crippen molar-refractivity contribution in [3.05, 3.63) is 40.1 Å². The highest BCUT2D eigenvalue weighted by atomic mass is 79.9. The average molecular weight is 301 g/mol. The van der Waals surface area contributed by atoms with Crippen LogP contribution in [-0.4, -0.2) is 14.4 Å². The molecule has 3 nitrogen and oxygen atoms in total. The van der Waals surface area contributed by atoms with Crippen LogP contribution in [0.25, 0.3) is 16.6 Å². The summed E-state index contributed by atoms with van der Waals surface area (Å²) in [7, 11) is 0. The molecule has 2 heterocycles. The zero-order valence-electron chi connectivity index (χ0n) is 7.78. The van der Waals surface area contributed by atoms with E-state index in [1.807, 2.05) is 0 Å². The van der Waals surface area contributed by atoms with Gasteiger partial charge in [0.1, 0.15) is 16.9 Å². The molecule has 0 unspecified atom stereocenters. The highest BCUT2D eigenvalue weighted by Gasteiger charge is 2.10. The minimum atomic E-state index is -0.335. The molecule has 0 amide bonds. The van der Waals surface area contributed by atoms with Gasteiger partial charge in [0, 0.05) is 10.5 Å². The molecule has 1 aromatic carbocycles. The van der Waals surface area contributed by atoms with Crippen molar-refractivity contribution in [2.24, 2.45) is 0 Å². The summed E-state index contributed by atoms with van der Waals surface area (Å²) in [6.07, 6.45) is 3.17.